The normalized spacial score (nSPS) is 10.4. The lowest BCUT2D eigenvalue weighted by molar-refractivity contribution is 0.101. The minimum absolute atomic E-state index is 0.00769. The molecular weight excluding hydrogens is 359 g/mol. The number of ketones is 1. The number of nitrogens with zero attached hydrogens (tertiary/aromatic N) is 2. The van der Waals surface area contributed by atoms with Gasteiger partial charge in [-0.2, -0.15) is 0 Å². The molecule has 1 heterocycles. The molecule has 0 amide bonds. The summed E-state index contributed by atoms with van der Waals surface area (Å²) in [5, 5.41) is 7.24. The Balaban J connectivity index is 1.78. The van der Waals surface area contributed by atoms with Gasteiger partial charge < -0.3 is 10.6 Å². The molecular formula is C18H14Cl2N4O. The third-order valence-corrected chi connectivity index (χ3v) is 4.14. The number of halogens is 2. The molecule has 0 spiro atoms. The maximum Gasteiger partial charge on any atom is 0.159 e. The molecule has 0 aliphatic carbocycles. The van der Waals surface area contributed by atoms with Crippen molar-refractivity contribution in [2.45, 2.75) is 6.92 Å². The number of carbonyl (C=O) groups is 1. The molecule has 0 aliphatic rings. The summed E-state index contributed by atoms with van der Waals surface area (Å²) in [4.78, 5) is 19.8. The Morgan fingerprint density at radius 2 is 1.56 bits per heavy atom. The lowest BCUT2D eigenvalue weighted by Crippen LogP contribution is -1.99. The molecule has 1 aromatic heterocycles. The van der Waals surface area contributed by atoms with E-state index in [4.69, 9.17) is 23.2 Å². The zero-order valence-corrected chi connectivity index (χ0v) is 14.8. The molecule has 2 N–H and O–H groups in total. The topological polar surface area (TPSA) is 66.9 Å². The first kappa shape index (κ1) is 17.2. The predicted molar refractivity (Wildman–Crippen MR) is 102 cm³/mol. The van der Waals surface area contributed by atoms with Crippen molar-refractivity contribution < 1.29 is 4.79 Å². The maximum absolute atomic E-state index is 11.5. The summed E-state index contributed by atoms with van der Waals surface area (Å²) in [7, 11) is 0. The average molecular weight is 373 g/mol. The standard InChI is InChI=1S/C18H14Cl2N4O/c1-11(25)12-3-2-4-13(7-12)23-17-9-18(22-10-21-17)24-14-5-6-15(19)16(20)8-14/h2-10H,1H3,(H2,21,22,23,24). The highest BCUT2D eigenvalue weighted by Crippen LogP contribution is 2.27. The molecule has 0 radical (unpaired) electrons. The highest BCUT2D eigenvalue weighted by atomic mass is 35.5. The van der Waals surface area contributed by atoms with Crippen LogP contribution in [-0.2, 0) is 0 Å². The molecule has 0 saturated heterocycles. The van der Waals surface area contributed by atoms with Gasteiger partial charge in [-0.3, -0.25) is 4.79 Å². The van der Waals surface area contributed by atoms with Gasteiger partial charge in [-0.1, -0.05) is 35.3 Å². The lowest BCUT2D eigenvalue weighted by Gasteiger charge is -2.10. The zero-order chi connectivity index (χ0) is 17.8. The molecule has 0 atom stereocenters. The second kappa shape index (κ2) is 7.51. The number of nitrogens with one attached hydrogen (secondary N) is 2. The molecule has 3 aromatic rings. The van der Waals surface area contributed by atoms with Crippen molar-refractivity contribution in [3.05, 3.63) is 70.5 Å². The van der Waals surface area contributed by atoms with Crippen molar-refractivity contribution >= 4 is 52.0 Å². The van der Waals surface area contributed by atoms with Crippen LogP contribution in [0.15, 0.2) is 54.9 Å². The molecule has 2 aromatic carbocycles. The Kier molecular flexibility index (Phi) is 5.16. The Morgan fingerprint density at radius 1 is 0.880 bits per heavy atom. The fourth-order valence-electron chi connectivity index (χ4n) is 2.18. The van der Waals surface area contributed by atoms with Crippen LogP contribution in [0.5, 0.6) is 0 Å². The largest absolute Gasteiger partial charge is 0.340 e. The molecule has 5 nitrogen and oxygen atoms in total. The van der Waals surface area contributed by atoms with Gasteiger partial charge in [0.05, 0.1) is 10.0 Å². The van der Waals surface area contributed by atoms with E-state index >= 15 is 0 Å². The zero-order valence-electron chi connectivity index (χ0n) is 13.3. The predicted octanol–water partition coefficient (Wildman–Crippen LogP) is 5.47. The summed E-state index contributed by atoms with van der Waals surface area (Å²) in [5.74, 6) is 1.20. The first-order valence-corrected chi connectivity index (χ1v) is 8.19. The van der Waals surface area contributed by atoms with E-state index in [1.165, 1.54) is 13.3 Å². The SMILES string of the molecule is CC(=O)c1cccc(Nc2cc(Nc3ccc(Cl)c(Cl)c3)ncn2)c1. The minimum Gasteiger partial charge on any atom is -0.340 e. The van der Waals surface area contributed by atoms with E-state index in [0.717, 1.165) is 11.4 Å². The van der Waals surface area contributed by atoms with Gasteiger partial charge in [0.1, 0.15) is 18.0 Å². The molecule has 0 unspecified atom stereocenters. The number of rotatable bonds is 5. The van der Waals surface area contributed by atoms with Crippen molar-refractivity contribution in [2.24, 2.45) is 0 Å². The monoisotopic (exact) mass is 372 g/mol. The highest BCUT2D eigenvalue weighted by molar-refractivity contribution is 6.42. The lowest BCUT2D eigenvalue weighted by atomic mass is 10.1. The summed E-state index contributed by atoms with van der Waals surface area (Å²) in [5.41, 5.74) is 2.16. The number of hydrogen-bond acceptors (Lipinski definition) is 5. The fraction of sp³-hybridized carbons (Fsp3) is 0.0556. The average Bonchev–Trinajstić information content (AvgIpc) is 2.59. The second-order valence-electron chi connectivity index (χ2n) is 5.30. The van der Waals surface area contributed by atoms with E-state index in [0.29, 0.717) is 27.2 Å². The van der Waals surface area contributed by atoms with E-state index in [1.807, 2.05) is 12.1 Å². The summed E-state index contributed by atoms with van der Waals surface area (Å²) < 4.78 is 0. The van der Waals surface area contributed by atoms with E-state index in [9.17, 15) is 4.79 Å². The summed E-state index contributed by atoms with van der Waals surface area (Å²) in [6.45, 7) is 1.53. The first-order valence-electron chi connectivity index (χ1n) is 7.43. The molecule has 7 heteroatoms. The van der Waals surface area contributed by atoms with Gasteiger partial charge in [0.25, 0.3) is 0 Å². The maximum atomic E-state index is 11.5. The number of hydrogen-bond donors (Lipinski definition) is 2. The van der Waals surface area contributed by atoms with Crippen LogP contribution in [0.25, 0.3) is 0 Å². The van der Waals surface area contributed by atoms with Crippen molar-refractivity contribution in [1.82, 2.24) is 9.97 Å². The Labute approximate surface area is 155 Å². The van der Waals surface area contributed by atoms with Crippen LogP contribution in [0.3, 0.4) is 0 Å². The number of anilines is 4. The van der Waals surface area contributed by atoms with E-state index < -0.39 is 0 Å². The van der Waals surface area contributed by atoms with E-state index in [1.54, 1.807) is 36.4 Å². The quantitative estimate of drug-likeness (QED) is 0.580. The Bertz CT molecular complexity index is 930. The third-order valence-electron chi connectivity index (χ3n) is 3.40. The molecule has 0 aliphatic heterocycles. The third kappa shape index (κ3) is 4.47. The molecule has 126 valence electrons. The molecule has 0 bridgehead atoms. The fourth-order valence-corrected chi connectivity index (χ4v) is 2.48. The Morgan fingerprint density at radius 3 is 2.20 bits per heavy atom. The Hall–Kier alpha value is -2.63. The van der Waals surface area contributed by atoms with Crippen LogP contribution in [0, 0.1) is 0 Å². The number of aromatic nitrogens is 2. The number of benzene rings is 2. The van der Waals surface area contributed by atoms with E-state index in [-0.39, 0.29) is 5.78 Å². The molecule has 0 fully saturated rings. The van der Waals surface area contributed by atoms with Crippen LogP contribution in [-0.4, -0.2) is 15.8 Å². The van der Waals surface area contributed by atoms with Crippen LogP contribution in [0.2, 0.25) is 10.0 Å². The molecule has 3 rings (SSSR count). The van der Waals surface area contributed by atoms with Crippen molar-refractivity contribution in [3.63, 3.8) is 0 Å². The van der Waals surface area contributed by atoms with Gasteiger partial charge in [-0.25, -0.2) is 9.97 Å². The molecule has 0 saturated carbocycles. The van der Waals surface area contributed by atoms with Gasteiger partial charge in [-0.15, -0.1) is 0 Å². The van der Waals surface area contributed by atoms with Gasteiger partial charge >= 0.3 is 0 Å². The van der Waals surface area contributed by atoms with Crippen molar-refractivity contribution in [1.29, 1.82) is 0 Å². The van der Waals surface area contributed by atoms with Crippen LogP contribution in [0.1, 0.15) is 17.3 Å². The van der Waals surface area contributed by atoms with Crippen LogP contribution < -0.4 is 10.6 Å². The van der Waals surface area contributed by atoms with Crippen LogP contribution >= 0.6 is 23.2 Å². The minimum atomic E-state index is 0.00769. The van der Waals surface area contributed by atoms with E-state index in [2.05, 4.69) is 20.6 Å². The van der Waals surface area contributed by atoms with Gasteiger partial charge in [0.2, 0.25) is 0 Å². The van der Waals surface area contributed by atoms with Crippen LogP contribution in [0.4, 0.5) is 23.0 Å². The smallest absolute Gasteiger partial charge is 0.159 e. The van der Waals surface area contributed by atoms with Crippen molar-refractivity contribution in [2.75, 3.05) is 10.6 Å². The van der Waals surface area contributed by atoms with Gasteiger partial charge in [-0.05, 0) is 37.3 Å². The first-order chi connectivity index (χ1) is 12.0. The number of carbonyl (C=O) groups excluding carboxylic acids is 1. The number of Topliss-reactive ketones (excluding diaryl/α,β-unsaturated/α-hetero) is 1. The van der Waals surface area contributed by atoms with Gasteiger partial charge in [0, 0.05) is 23.0 Å². The summed E-state index contributed by atoms with van der Waals surface area (Å²) in [6.07, 6.45) is 1.44. The summed E-state index contributed by atoms with van der Waals surface area (Å²) in [6, 6.07) is 14.2. The van der Waals surface area contributed by atoms with Crippen molar-refractivity contribution in [3.8, 4) is 0 Å². The van der Waals surface area contributed by atoms with Gasteiger partial charge in [0.15, 0.2) is 5.78 Å². The molecule has 25 heavy (non-hydrogen) atoms. The second-order valence-corrected chi connectivity index (χ2v) is 6.12. The summed E-state index contributed by atoms with van der Waals surface area (Å²) >= 11 is 11.9. The highest BCUT2D eigenvalue weighted by Gasteiger charge is 2.04.